The molecule has 0 saturated carbocycles. The molecule has 9 heteroatoms. The van der Waals surface area contributed by atoms with Crippen LogP contribution in [0, 0.1) is 0 Å². The summed E-state index contributed by atoms with van der Waals surface area (Å²) in [6.45, 7) is 2.07. The zero-order chi connectivity index (χ0) is 22.5. The second-order valence-electron chi connectivity index (χ2n) is 6.82. The summed E-state index contributed by atoms with van der Waals surface area (Å²) in [7, 11) is 0. The van der Waals surface area contributed by atoms with E-state index in [9.17, 15) is 14.4 Å². The number of hydrogen-bond donors (Lipinski definition) is 2. The molecule has 160 valence electrons. The summed E-state index contributed by atoms with van der Waals surface area (Å²) >= 11 is 0. The van der Waals surface area contributed by atoms with Crippen molar-refractivity contribution in [1.82, 2.24) is 30.4 Å². The van der Waals surface area contributed by atoms with Gasteiger partial charge in [-0.1, -0.05) is 48.5 Å². The summed E-state index contributed by atoms with van der Waals surface area (Å²) in [6, 6.07) is 21.2. The SMILES string of the molecule is CCn1nc(C(=O)NNC(=O)c2cn(-c3ccccc3)nc2-c2ccccc2)ccc1=O. The number of benzene rings is 2. The Hall–Kier alpha value is -4.53. The molecule has 0 aliphatic carbocycles. The highest BCUT2D eigenvalue weighted by Crippen LogP contribution is 2.23. The maximum absolute atomic E-state index is 12.9. The Balaban J connectivity index is 1.59. The molecule has 0 aliphatic rings. The minimum absolute atomic E-state index is 0.00927. The van der Waals surface area contributed by atoms with Gasteiger partial charge in [-0.05, 0) is 25.1 Å². The topological polar surface area (TPSA) is 111 Å². The summed E-state index contributed by atoms with van der Waals surface area (Å²) in [5.74, 6) is -1.18. The van der Waals surface area contributed by atoms with Crippen LogP contribution >= 0.6 is 0 Å². The summed E-state index contributed by atoms with van der Waals surface area (Å²) in [5.41, 5.74) is 6.75. The maximum atomic E-state index is 12.9. The number of carbonyl (C=O) groups excluding carboxylic acids is 2. The van der Waals surface area contributed by atoms with Gasteiger partial charge in [0.2, 0.25) is 0 Å². The molecule has 4 rings (SSSR count). The van der Waals surface area contributed by atoms with Gasteiger partial charge in [0.25, 0.3) is 17.4 Å². The van der Waals surface area contributed by atoms with Gasteiger partial charge in [0.15, 0.2) is 5.69 Å². The molecular weight excluding hydrogens is 408 g/mol. The van der Waals surface area contributed by atoms with Crippen molar-refractivity contribution >= 4 is 11.8 Å². The summed E-state index contributed by atoms with van der Waals surface area (Å²) in [6.07, 6.45) is 1.61. The third-order valence-corrected chi connectivity index (χ3v) is 4.72. The van der Waals surface area contributed by atoms with Crippen molar-refractivity contribution < 1.29 is 9.59 Å². The van der Waals surface area contributed by atoms with Crippen molar-refractivity contribution in [2.75, 3.05) is 0 Å². The molecule has 9 nitrogen and oxygen atoms in total. The van der Waals surface area contributed by atoms with E-state index in [4.69, 9.17) is 0 Å². The third kappa shape index (κ3) is 4.31. The van der Waals surface area contributed by atoms with Gasteiger partial charge < -0.3 is 0 Å². The highest BCUT2D eigenvalue weighted by Gasteiger charge is 2.19. The van der Waals surface area contributed by atoms with Crippen LogP contribution < -0.4 is 16.4 Å². The third-order valence-electron chi connectivity index (χ3n) is 4.72. The van der Waals surface area contributed by atoms with Gasteiger partial charge in [-0.2, -0.15) is 10.2 Å². The van der Waals surface area contributed by atoms with Crippen molar-refractivity contribution in [3.05, 3.63) is 101 Å². The smallest absolute Gasteiger partial charge is 0.268 e. The van der Waals surface area contributed by atoms with Crippen molar-refractivity contribution in [2.45, 2.75) is 13.5 Å². The molecule has 0 spiro atoms. The first-order valence-corrected chi connectivity index (χ1v) is 9.96. The first-order valence-electron chi connectivity index (χ1n) is 9.96. The Bertz CT molecular complexity index is 1310. The molecule has 2 aromatic heterocycles. The molecule has 0 bridgehead atoms. The first kappa shape index (κ1) is 20.7. The normalized spacial score (nSPS) is 10.5. The van der Waals surface area contributed by atoms with E-state index < -0.39 is 11.8 Å². The van der Waals surface area contributed by atoms with Gasteiger partial charge >= 0.3 is 0 Å². The molecule has 0 saturated heterocycles. The highest BCUT2D eigenvalue weighted by molar-refractivity contribution is 6.01. The zero-order valence-electron chi connectivity index (χ0n) is 17.2. The predicted molar refractivity (Wildman–Crippen MR) is 118 cm³/mol. The number of nitrogens with one attached hydrogen (secondary N) is 2. The minimum Gasteiger partial charge on any atom is -0.268 e. The lowest BCUT2D eigenvalue weighted by atomic mass is 10.1. The van der Waals surface area contributed by atoms with Gasteiger partial charge in [0, 0.05) is 24.4 Å². The van der Waals surface area contributed by atoms with E-state index in [0.717, 1.165) is 15.9 Å². The monoisotopic (exact) mass is 428 g/mol. The quantitative estimate of drug-likeness (QED) is 0.474. The molecule has 0 atom stereocenters. The van der Waals surface area contributed by atoms with Crippen LogP contribution in [-0.4, -0.2) is 31.4 Å². The second kappa shape index (κ2) is 9.09. The van der Waals surface area contributed by atoms with E-state index in [1.165, 1.54) is 12.1 Å². The van der Waals surface area contributed by atoms with Crippen LogP contribution in [0.3, 0.4) is 0 Å². The molecule has 2 amide bonds. The Morgan fingerprint density at radius 1 is 0.844 bits per heavy atom. The van der Waals surface area contributed by atoms with Crippen LogP contribution in [0.5, 0.6) is 0 Å². The Morgan fingerprint density at radius 3 is 2.19 bits per heavy atom. The van der Waals surface area contributed by atoms with Crippen molar-refractivity contribution in [1.29, 1.82) is 0 Å². The Kier molecular flexibility index (Phi) is 5.89. The summed E-state index contributed by atoms with van der Waals surface area (Å²) in [4.78, 5) is 37.0. The van der Waals surface area contributed by atoms with Crippen molar-refractivity contribution in [3.63, 3.8) is 0 Å². The molecule has 0 aliphatic heterocycles. The minimum atomic E-state index is -0.641. The average molecular weight is 428 g/mol. The molecule has 2 heterocycles. The number of hydrazine groups is 1. The van der Waals surface area contributed by atoms with E-state index in [0.29, 0.717) is 12.2 Å². The molecule has 0 unspecified atom stereocenters. The van der Waals surface area contributed by atoms with E-state index in [-0.39, 0.29) is 16.8 Å². The second-order valence-corrected chi connectivity index (χ2v) is 6.82. The molecule has 4 aromatic rings. The average Bonchev–Trinajstić information content (AvgIpc) is 3.29. The number of aryl methyl sites for hydroxylation is 1. The van der Waals surface area contributed by atoms with Crippen LogP contribution in [0.4, 0.5) is 0 Å². The predicted octanol–water partition coefficient (Wildman–Crippen LogP) is 2.19. The van der Waals surface area contributed by atoms with E-state index in [2.05, 4.69) is 21.0 Å². The van der Waals surface area contributed by atoms with Crippen LogP contribution in [0.1, 0.15) is 27.8 Å². The van der Waals surface area contributed by atoms with Gasteiger partial charge in [-0.15, -0.1) is 0 Å². The molecule has 0 radical (unpaired) electrons. The highest BCUT2D eigenvalue weighted by atomic mass is 16.2. The van der Waals surface area contributed by atoms with Gasteiger partial charge in [0.1, 0.15) is 5.69 Å². The Labute approximate surface area is 183 Å². The van der Waals surface area contributed by atoms with Crippen molar-refractivity contribution in [2.24, 2.45) is 0 Å². The number of amides is 2. The lowest BCUT2D eigenvalue weighted by Crippen LogP contribution is -2.42. The summed E-state index contributed by atoms with van der Waals surface area (Å²) in [5, 5.41) is 8.56. The van der Waals surface area contributed by atoms with Crippen molar-refractivity contribution in [3.8, 4) is 16.9 Å². The standard InChI is InChI=1S/C23H20N6O3/c1-2-28-20(30)14-13-19(26-28)23(32)25-24-22(31)18-15-29(17-11-7-4-8-12-17)27-21(18)16-9-5-3-6-10-16/h3-15H,2H2,1H3,(H,24,31)(H,25,32). The fourth-order valence-electron chi connectivity index (χ4n) is 3.10. The molecule has 2 aromatic carbocycles. The fraction of sp³-hybridized carbons (Fsp3) is 0.0870. The lowest BCUT2D eigenvalue weighted by Gasteiger charge is -2.08. The molecule has 0 fully saturated rings. The number of carbonyl (C=O) groups is 2. The van der Waals surface area contributed by atoms with Gasteiger partial charge in [-0.25, -0.2) is 9.36 Å². The lowest BCUT2D eigenvalue weighted by molar-refractivity contribution is 0.0843. The molecular formula is C23H20N6O3. The maximum Gasteiger partial charge on any atom is 0.290 e. The van der Waals surface area contributed by atoms with E-state index in [1.54, 1.807) is 17.8 Å². The van der Waals surface area contributed by atoms with Crippen LogP contribution in [0.25, 0.3) is 16.9 Å². The number of rotatable bonds is 5. The van der Waals surface area contributed by atoms with Crippen LogP contribution in [0.15, 0.2) is 83.8 Å². The molecule has 2 N–H and O–H groups in total. The van der Waals surface area contributed by atoms with E-state index >= 15 is 0 Å². The van der Waals surface area contributed by atoms with Gasteiger partial charge in [0.05, 0.1) is 11.3 Å². The van der Waals surface area contributed by atoms with E-state index in [1.807, 2.05) is 60.7 Å². The number of nitrogens with zero attached hydrogens (tertiary/aromatic N) is 4. The zero-order valence-corrected chi connectivity index (χ0v) is 17.2. The summed E-state index contributed by atoms with van der Waals surface area (Å²) < 4.78 is 2.77. The number of hydrogen-bond acceptors (Lipinski definition) is 5. The van der Waals surface area contributed by atoms with Gasteiger partial charge in [-0.3, -0.25) is 25.2 Å². The fourth-order valence-corrected chi connectivity index (χ4v) is 3.10. The van der Waals surface area contributed by atoms with Crippen LogP contribution in [0.2, 0.25) is 0 Å². The Morgan fingerprint density at radius 2 is 1.50 bits per heavy atom. The van der Waals surface area contributed by atoms with Crippen LogP contribution in [-0.2, 0) is 6.54 Å². The largest absolute Gasteiger partial charge is 0.290 e. The first-order chi connectivity index (χ1) is 15.6. The number of aromatic nitrogens is 4. The number of para-hydroxylation sites is 1. The molecule has 32 heavy (non-hydrogen) atoms.